The van der Waals surface area contributed by atoms with Crippen LogP contribution in [-0.2, 0) is 16.6 Å². The van der Waals surface area contributed by atoms with Crippen LogP contribution in [0.4, 0.5) is 0 Å². The highest BCUT2D eigenvalue weighted by molar-refractivity contribution is 7.90. The summed E-state index contributed by atoms with van der Waals surface area (Å²) in [6.07, 6.45) is 1.57. The summed E-state index contributed by atoms with van der Waals surface area (Å²) in [6.45, 7) is 0.993. The molecule has 1 fully saturated rings. The number of pyridine rings is 1. The van der Waals surface area contributed by atoms with Gasteiger partial charge >= 0.3 is 0 Å². The molecular weight excluding hydrogens is 224 g/mol. The van der Waals surface area contributed by atoms with Crippen LogP contribution in [0.1, 0.15) is 5.56 Å². The molecule has 2 rings (SSSR count). The van der Waals surface area contributed by atoms with E-state index in [9.17, 15) is 8.42 Å². The quantitative estimate of drug-likeness (QED) is 0.712. The monoisotopic (exact) mass is 232 g/mol. The van der Waals surface area contributed by atoms with Crippen LogP contribution in [0.3, 0.4) is 0 Å². The smallest absolute Gasteiger partial charge is 0.215 e. The number of hydrogen-bond acceptors (Lipinski definition) is 3. The first-order valence-corrected chi connectivity index (χ1v) is 6.15. The zero-order valence-electron chi connectivity index (χ0n) is 7.35. The Morgan fingerprint density at radius 1 is 1.57 bits per heavy atom. The largest absolute Gasteiger partial charge is 0.245 e. The van der Waals surface area contributed by atoms with Crippen LogP contribution in [-0.4, -0.2) is 30.0 Å². The molecule has 0 bridgehead atoms. The van der Waals surface area contributed by atoms with Gasteiger partial charge in [0, 0.05) is 19.3 Å². The Hall–Kier alpha value is -0.650. The lowest BCUT2D eigenvalue weighted by atomic mass is 10.3. The summed E-state index contributed by atoms with van der Waals surface area (Å²) in [7, 11) is -2.96. The number of rotatable bonds is 2. The molecule has 6 heteroatoms. The molecule has 1 aromatic rings. The van der Waals surface area contributed by atoms with Crippen LogP contribution in [0.25, 0.3) is 0 Å². The molecule has 1 saturated heterocycles. The number of nitrogens with zero attached hydrogens (tertiary/aromatic N) is 2. The van der Waals surface area contributed by atoms with Gasteiger partial charge in [0.2, 0.25) is 10.0 Å². The van der Waals surface area contributed by atoms with E-state index in [1.165, 1.54) is 4.31 Å². The summed E-state index contributed by atoms with van der Waals surface area (Å²) in [6, 6.07) is 3.44. The predicted octanol–water partition coefficient (Wildman–Crippen LogP) is 0.880. The Morgan fingerprint density at radius 2 is 2.36 bits per heavy atom. The van der Waals surface area contributed by atoms with Crippen LogP contribution >= 0.6 is 11.6 Å². The van der Waals surface area contributed by atoms with Gasteiger partial charge in [0.25, 0.3) is 0 Å². The summed E-state index contributed by atoms with van der Waals surface area (Å²) >= 11 is 5.68. The summed E-state index contributed by atoms with van der Waals surface area (Å²) < 4.78 is 23.8. The van der Waals surface area contributed by atoms with E-state index in [2.05, 4.69) is 4.98 Å². The normalized spacial score (nSPS) is 20.4. The van der Waals surface area contributed by atoms with E-state index >= 15 is 0 Å². The van der Waals surface area contributed by atoms with Gasteiger partial charge in [-0.05, 0) is 17.7 Å². The molecule has 0 N–H and O–H groups in total. The third-order valence-corrected chi connectivity index (χ3v) is 4.15. The lowest BCUT2D eigenvalue weighted by Crippen LogP contribution is -2.46. The van der Waals surface area contributed by atoms with Crippen LogP contribution in [0, 0.1) is 0 Å². The number of sulfonamides is 1. The highest BCUT2D eigenvalue weighted by Crippen LogP contribution is 2.18. The van der Waals surface area contributed by atoms with Crippen LogP contribution in [0.2, 0.25) is 5.15 Å². The van der Waals surface area contributed by atoms with Gasteiger partial charge in [-0.3, -0.25) is 0 Å². The Balaban J connectivity index is 2.12. The zero-order valence-corrected chi connectivity index (χ0v) is 8.92. The van der Waals surface area contributed by atoms with Crippen LogP contribution < -0.4 is 0 Å². The van der Waals surface area contributed by atoms with E-state index < -0.39 is 10.0 Å². The molecule has 14 heavy (non-hydrogen) atoms. The summed E-state index contributed by atoms with van der Waals surface area (Å²) in [4.78, 5) is 3.82. The first-order valence-electron chi connectivity index (χ1n) is 4.16. The third kappa shape index (κ3) is 1.89. The first-order chi connectivity index (χ1) is 6.58. The van der Waals surface area contributed by atoms with Crippen molar-refractivity contribution in [3.8, 4) is 0 Å². The van der Waals surface area contributed by atoms with Gasteiger partial charge in [-0.1, -0.05) is 11.6 Å². The molecule has 4 nitrogen and oxygen atoms in total. The van der Waals surface area contributed by atoms with Crippen molar-refractivity contribution < 1.29 is 8.42 Å². The highest BCUT2D eigenvalue weighted by atomic mass is 35.5. The highest BCUT2D eigenvalue weighted by Gasteiger charge is 2.31. The molecule has 0 radical (unpaired) electrons. The number of hydrogen-bond donors (Lipinski definition) is 0. The topological polar surface area (TPSA) is 50.3 Å². The Labute approximate surface area is 87.6 Å². The fourth-order valence-electron chi connectivity index (χ4n) is 1.29. The zero-order chi connectivity index (χ0) is 10.2. The van der Waals surface area contributed by atoms with E-state index in [0.29, 0.717) is 18.2 Å². The third-order valence-electron chi connectivity index (χ3n) is 2.14. The second-order valence-corrected chi connectivity index (χ2v) is 5.61. The molecule has 0 amide bonds. The Bertz CT molecular complexity index is 446. The van der Waals surface area contributed by atoms with Crippen LogP contribution in [0.5, 0.6) is 0 Å². The standard InChI is InChI=1S/C8H9ClN2O2S/c9-8-5-7(1-2-10-8)6-11-3-4-14(11,12)13/h1-2,5H,3-4,6H2. The minimum atomic E-state index is -2.96. The minimum Gasteiger partial charge on any atom is -0.245 e. The van der Waals surface area contributed by atoms with Gasteiger partial charge in [-0.2, -0.15) is 4.31 Å². The Morgan fingerprint density at radius 3 is 2.86 bits per heavy atom. The van der Waals surface area contributed by atoms with Crippen LogP contribution in [0.15, 0.2) is 18.3 Å². The molecule has 76 valence electrons. The van der Waals surface area contributed by atoms with E-state index in [0.717, 1.165) is 5.56 Å². The lowest BCUT2D eigenvalue weighted by Gasteiger charge is -2.30. The van der Waals surface area contributed by atoms with Crippen molar-refractivity contribution in [2.75, 3.05) is 12.3 Å². The summed E-state index contributed by atoms with van der Waals surface area (Å²) in [5.74, 6) is 0.256. The molecule has 0 saturated carbocycles. The van der Waals surface area contributed by atoms with E-state index in [1.54, 1.807) is 18.3 Å². The average molecular weight is 233 g/mol. The molecule has 1 aliphatic heterocycles. The van der Waals surface area contributed by atoms with Gasteiger partial charge in [0.1, 0.15) is 5.15 Å². The summed E-state index contributed by atoms with van der Waals surface area (Å²) in [5, 5.41) is 0.389. The molecule has 2 heterocycles. The molecule has 0 aliphatic carbocycles. The second kappa shape index (κ2) is 3.49. The minimum absolute atomic E-state index is 0.256. The molecule has 0 atom stereocenters. The SMILES string of the molecule is O=S1(=O)CCN1Cc1ccnc(Cl)c1. The fourth-order valence-corrected chi connectivity index (χ4v) is 2.57. The molecule has 1 aliphatic rings. The molecular formula is C8H9ClN2O2S. The molecule has 1 aromatic heterocycles. The fraction of sp³-hybridized carbons (Fsp3) is 0.375. The van der Waals surface area contributed by atoms with Crippen molar-refractivity contribution in [3.63, 3.8) is 0 Å². The lowest BCUT2D eigenvalue weighted by molar-refractivity contribution is 0.379. The maximum Gasteiger partial charge on any atom is 0.215 e. The maximum absolute atomic E-state index is 11.2. The van der Waals surface area contributed by atoms with Crippen molar-refractivity contribution in [1.82, 2.24) is 9.29 Å². The van der Waals surface area contributed by atoms with E-state index in [4.69, 9.17) is 11.6 Å². The Kier molecular flexibility index (Phi) is 2.47. The predicted molar refractivity (Wildman–Crippen MR) is 53.4 cm³/mol. The van der Waals surface area contributed by atoms with Crippen molar-refractivity contribution in [1.29, 1.82) is 0 Å². The van der Waals surface area contributed by atoms with Crippen molar-refractivity contribution >= 4 is 21.6 Å². The van der Waals surface area contributed by atoms with Gasteiger partial charge in [-0.15, -0.1) is 0 Å². The van der Waals surface area contributed by atoms with Gasteiger partial charge in [-0.25, -0.2) is 13.4 Å². The van der Waals surface area contributed by atoms with E-state index in [-0.39, 0.29) is 5.75 Å². The van der Waals surface area contributed by atoms with Crippen molar-refractivity contribution in [3.05, 3.63) is 29.0 Å². The van der Waals surface area contributed by atoms with Gasteiger partial charge in [0.15, 0.2) is 0 Å². The van der Waals surface area contributed by atoms with Gasteiger partial charge < -0.3 is 0 Å². The van der Waals surface area contributed by atoms with Crippen molar-refractivity contribution in [2.24, 2.45) is 0 Å². The number of aromatic nitrogens is 1. The molecule has 0 spiro atoms. The average Bonchev–Trinajstić information content (AvgIpc) is 2.13. The van der Waals surface area contributed by atoms with Crippen molar-refractivity contribution in [2.45, 2.75) is 6.54 Å². The second-order valence-electron chi connectivity index (χ2n) is 3.14. The van der Waals surface area contributed by atoms with E-state index in [1.807, 2.05) is 0 Å². The van der Waals surface area contributed by atoms with Gasteiger partial charge in [0.05, 0.1) is 5.75 Å². The summed E-state index contributed by atoms with van der Waals surface area (Å²) in [5.41, 5.74) is 0.869. The molecule has 0 aromatic carbocycles. The molecule has 0 unspecified atom stereocenters. The number of halogens is 1. The maximum atomic E-state index is 11.2. The first kappa shape index (κ1) is 9.89.